The first-order valence-electron chi connectivity index (χ1n) is 7.03. The van der Waals surface area contributed by atoms with Crippen molar-refractivity contribution in [3.05, 3.63) is 18.1 Å². The normalized spacial score (nSPS) is 21.8. The molecule has 0 spiro atoms. The molecule has 0 atom stereocenters. The van der Waals surface area contributed by atoms with Crippen LogP contribution >= 0.6 is 12.4 Å². The number of fused-ring (bicyclic) bond motifs is 1. The lowest BCUT2D eigenvalue weighted by atomic mass is 9.81. The number of aromatic nitrogens is 4. The number of nitrogens with zero attached hydrogens (tertiary/aromatic N) is 4. The van der Waals surface area contributed by atoms with Crippen molar-refractivity contribution in [1.82, 2.24) is 19.9 Å². The van der Waals surface area contributed by atoms with Crippen LogP contribution in [0.3, 0.4) is 0 Å². The molecular formula is C14H19ClN4O2. The van der Waals surface area contributed by atoms with Crippen molar-refractivity contribution in [2.24, 2.45) is 5.92 Å². The second kappa shape index (κ2) is 6.39. The summed E-state index contributed by atoms with van der Waals surface area (Å²) in [5.41, 5.74) is 2.12. The molecule has 21 heavy (non-hydrogen) atoms. The summed E-state index contributed by atoms with van der Waals surface area (Å²) in [7, 11) is 0. The Kier molecular flexibility index (Phi) is 4.77. The van der Waals surface area contributed by atoms with E-state index in [2.05, 4.69) is 22.0 Å². The number of hydrogen-bond donors (Lipinski definition) is 0. The molecule has 0 aromatic carbocycles. The maximum absolute atomic E-state index is 11.0. The van der Waals surface area contributed by atoms with Crippen LogP contribution in [0.2, 0.25) is 0 Å². The Morgan fingerprint density at radius 1 is 1.29 bits per heavy atom. The highest BCUT2D eigenvalue weighted by Crippen LogP contribution is 2.34. The van der Waals surface area contributed by atoms with Crippen molar-refractivity contribution in [3.63, 3.8) is 0 Å². The largest absolute Gasteiger partial charge is 0.332 e. The molecule has 0 aliphatic heterocycles. The molecule has 1 saturated carbocycles. The maximum atomic E-state index is 11.0. The summed E-state index contributed by atoms with van der Waals surface area (Å²) >= 11 is 0. The molecular weight excluding hydrogens is 292 g/mol. The second-order valence-electron chi connectivity index (χ2n) is 5.56. The van der Waals surface area contributed by atoms with Gasteiger partial charge in [0, 0.05) is 19.0 Å². The van der Waals surface area contributed by atoms with Gasteiger partial charge in [-0.1, -0.05) is 24.6 Å². The van der Waals surface area contributed by atoms with Crippen LogP contribution in [0.4, 0.5) is 0 Å². The van der Waals surface area contributed by atoms with Crippen molar-refractivity contribution in [3.8, 4) is 0 Å². The van der Waals surface area contributed by atoms with Gasteiger partial charge in [0.25, 0.3) is 0 Å². The van der Waals surface area contributed by atoms with Crippen LogP contribution in [-0.4, -0.2) is 25.9 Å². The van der Waals surface area contributed by atoms with Crippen molar-refractivity contribution >= 4 is 29.5 Å². The van der Waals surface area contributed by atoms with Crippen LogP contribution in [0.5, 0.6) is 0 Å². The van der Waals surface area contributed by atoms with E-state index < -0.39 is 5.97 Å². The monoisotopic (exact) mass is 310 g/mol. The van der Waals surface area contributed by atoms with Crippen LogP contribution in [0.1, 0.15) is 51.1 Å². The lowest BCUT2D eigenvalue weighted by Gasteiger charge is -2.25. The molecule has 2 aromatic rings. The zero-order valence-electron chi connectivity index (χ0n) is 12.2. The third-order valence-electron chi connectivity index (χ3n) is 3.92. The SMILES string of the molecule is CC(=O)On1ncc2ncc(C3CCC(C)CC3)nc21.Cl. The maximum Gasteiger partial charge on any atom is 0.332 e. The summed E-state index contributed by atoms with van der Waals surface area (Å²) in [6, 6.07) is 0. The van der Waals surface area contributed by atoms with E-state index in [1.54, 1.807) is 6.20 Å². The van der Waals surface area contributed by atoms with E-state index in [0.717, 1.165) is 29.3 Å². The number of hydrogen-bond acceptors (Lipinski definition) is 5. The van der Waals surface area contributed by atoms with Gasteiger partial charge in [-0.3, -0.25) is 0 Å². The molecule has 0 saturated heterocycles. The van der Waals surface area contributed by atoms with Crippen molar-refractivity contribution in [2.75, 3.05) is 0 Å². The molecule has 2 aromatic heterocycles. The van der Waals surface area contributed by atoms with Gasteiger partial charge in [0.2, 0.25) is 5.65 Å². The summed E-state index contributed by atoms with van der Waals surface area (Å²) in [4.78, 5) is 26.2. The molecule has 0 N–H and O–H groups in total. The summed E-state index contributed by atoms with van der Waals surface area (Å²) in [6.45, 7) is 3.63. The predicted octanol–water partition coefficient (Wildman–Crippen LogP) is 2.52. The van der Waals surface area contributed by atoms with E-state index in [-0.39, 0.29) is 12.4 Å². The zero-order chi connectivity index (χ0) is 14.1. The average Bonchev–Trinajstić information content (AvgIpc) is 2.81. The van der Waals surface area contributed by atoms with Gasteiger partial charge in [0.15, 0.2) is 0 Å². The third kappa shape index (κ3) is 3.32. The molecule has 0 amide bonds. The summed E-state index contributed by atoms with van der Waals surface area (Å²) in [5, 5.41) is 3.98. The van der Waals surface area contributed by atoms with Crippen LogP contribution in [0.15, 0.2) is 12.4 Å². The van der Waals surface area contributed by atoms with Crippen LogP contribution in [0.25, 0.3) is 11.2 Å². The molecule has 0 unspecified atom stereocenters. The Bertz CT molecular complexity index is 635. The topological polar surface area (TPSA) is 69.9 Å². The predicted molar refractivity (Wildman–Crippen MR) is 80.2 cm³/mol. The zero-order valence-corrected chi connectivity index (χ0v) is 13.0. The quantitative estimate of drug-likeness (QED) is 0.852. The number of rotatable bonds is 2. The van der Waals surface area contributed by atoms with E-state index >= 15 is 0 Å². The molecule has 0 radical (unpaired) electrons. The number of carbonyl (C=O) groups is 1. The first-order valence-corrected chi connectivity index (χ1v) is 7.03. The van der Waals surface area contributed by atoms with Gasteiger partial charge in [-0.25, -0.2) is 14.8 Å². The van der Waals surface area contributed by atoms with Crippen molar-refractivity contribution < 1.29 is 9.63 Å². The van der Waals surface area contributed by atoms with Gasteiger partial charge >= 0.3 is 5.97 Å². The molecule has 7 heteroatoms. The van der Waals surface area contributed by atoms with Crippen LogP contribution in [-0.2, 0) is 4.79 Å². The third-order valence-corrected chi connectivity index (χ3v) is 3.92. The summed E-state index contributed by atoms with van der Waals surface area (Å²) in [5.74, 6) is 0.826. The molecule has 114 valence electrons. The van der Waals surface area contributed by atoms with E-state index in [1.807, 2.05) is 6.20 Å². The number of halogens is 1. The van der Waals surface area contributed by atoms with E-state index in [0.29, 0.717) is 17.1 Å². The molecule has 3 rings (SSSR count). The molecule has 0 bridgehead atoms. The average molecular weight is 311 g/mol. The highest BCUT2D eigenvalue weighted by molar-refractivity contribution is 5.85. The minimum atomic E-state index is -0.423. The lowest BCUT2D eigenvalue weighted by Crippen LogP contribution is -2.19. The van der Waals surface area contributed by atoms with Gasteiger partial charge in [0.1, 0.15) is 5.52 Å². The number of carbonyl (C=O) groups excluding carboxylic acids is 1. The first kappa shape index (κ1) is 15.7. The lowest BCUT2D eigenvalue weighted by molar-refractivity contribution is -0.142. The highest BCUT2D eigenvalue weighted by Gasteiger charge is 2.22. The molecule has 6 nitrogen and oxygen atoms in total. The fourth-order valence-corrected chi connectivity index (χ4v) is 2.74. The van der Waals surface area contributed by atoms with E-state index in [1.165, 1.54) is 19.8 Å². The van der Waals surface area contributed by atoms with Gasteiger partial charge in [0.05, 0.1) is 11.9 Å². The Labute approximate surface area is 129 Å². The molecule has 1 aliphatic carbocycles. The molecule has 2 heterocycles. The fourth-order valence-electron chi connectivity index (χ4n) is 2.74. The Morgan fingerprint density at radius 3 is 2.67 bits per heavy atom. The molecule has 1 fully saturated rings. The second-order valence-corrected chi connectivity index (χ2v) is 5.56. The van der Waals surface area contributed by atoms with Gasteiger partial charge in [-0.15, -0.1) is 17.5 Å². The smallest absolute Gasteiger partial charge is 0.317 e. The minimum absolute atomic E-state index is 0. The first-order chi connectivity index (χ1) is 9.63. The Hall–Kier alpha value is -1.69. The van der Waals surface area contributed by atoms with Gasteiger partial charge in [-0.2, -0.15) is 0 Å². The van der Waals surface area contributed by atoms with E-state index in [9.17, 15) is 4.79 Å². The Morgan fingerprint density at radius 2 is 2.00 bits per heavy atom. The van der Waals surface area contributed by atoms with Crippen molar-refractivity contribution in [1.29, 1.82) is 0 Å². The summed E-state index contributed by atoms with van der Waals surface area (Å²) in [6.07, 6.45) is 8.12. The van der Waals surface area contributed by atoms with Crippen LogP contribution in [0, 0.1) is 5.92 Å². The standard InChI is InChI=1S/C14H18N4O2.ClH/c1-9-3-5-11(6-4-9)12-7-15-13-8-16-18(14(13)17-12)20-10(2)19;/h7-9,11H,3-6H2,1-2H3;1H. The van der Waals surface area contributed by atoms with E-state index in [4.69, 9.17) is 4.84 Å². The van der Waals surface area contributed by atoms with Crippen LogP contribution < -0.4 is 4.84 Å². The summed E-state index contributed by atoms with van der Waals surface area (Å²) < 4.78 is 0. The Balaban J connectivity index is 0.00000161. The highest BCUT2D eigenvalue weighted by atomic mass is 35.5. The van der Waals surface area contributed by atoms with Gasteiger partial charge in [-0.05, 0) is 18.8 Å². The minimum Gasteiger partial charge on any atom is -0.317 e. The van der Waals surface area contributed by atoms with Crippen molar-refractivity contribution in [2.45, 2.75) is 45.4 Å². The van der Waals surface area contributed by atoms with Gasteiger partial charge < -0.3 is 4.84 Å². The fraction of sp³-hybridized carbons (Fsp3) is 0.571. The molecule has 1 aliphatic rings.